The van der Waals surface area contributed by atoms with E-state index in [2.05, 4.69) is 16.4 Å². The van der Waals surface area contributed by atoms with Crippen LogP contribution in [0.3, 0.4) is 0 Å². The number of hydrogen-bond acceptors (Lipinski definition) is 4. The van der Waals surface area contributed by atoms with Crippen molar-refractivity contribution in [2.75, 3.05) is 29.9 Å². The van der Waals surface area contributed by atoms with Crippen LogP contribution in [-0.4, -0.2) is 47.2 Å². The molecule has 7 heteroatoms. The molecule has 1 N–H and O–H groups in total. The summed E-state index contributed by atoms with van der Waals surface area (Å²) in [6, 6.07) is 13.5. The van der Waals surface area contributed by atoms with Gasteiger partial charge in [0.1, 0.15) is 5.82 Å². The lowest BCUT2D eigenvalue weighted by Crippen LogP contribution is -2.49. The molecule has 7 nitrogen and oxygen atoms in total. The van der Waals surface area contributed by atoms with E-state index in [9.17, 15) is 14.4 Å². The highest BCUT2D eigenvalue weighted by Crippen LogP contribution is 2.37. The molecule has 3 aliphatic rings. The van der Waals surface area contributed by atoms with Gasteiger partial charge in [0.15, 0.2) is 0 Å². The van der Waals surface area contributed by atoms with Gasteiger partial charge in [-0.3, -0.25) is 14.4 Å². The van der Waals surface area contributed by atoms with Crippen LogP contribution in [0.15, 0.2) is 48.7 Å². The van der Waals surface area contributed by atoms with Crippen molar-refractivity contribution in [3.8, 4) is 0 Å². The molecular formula is C27H32N4O3. The number of fused-ring (bicyclic) bond motifs is 1. The van der Waals surface area contributed by atoms with Gasteiger partial charge in [0.25, 0.3) is 0 Å². The third kappa shape index (κ3) is 4.56. The number of carbonyl (C=O) groups is 3. The molecular weight excluding hydrogens is 428 g/mol. The van der Waals surface area contributed by atoms with Crippen LogP contribution in [0.5, 0.6) is 0 Å². The Balaban J connectivity index is 1.21. The van der Waals surface area contributed by atoms with E-state index in [1.165, 1.54) is 5.56 Å². The largest absolute Gasteiger partial charge is 0.342 e. The monoisotopic (exact) mass is 460 g/mol. The summed E-state index contributed by atoms with van der Waals surface area (Å²) in [5.74, 6) is 0.0745. The number of nitrogens with one attached hydrogen (secondary N) is 1. The van der Waals surface area contributed by atoms with Crippen molar-refractivity contribution in [1.82, 2.24) is 9.88 Å². The molecule has 3 heterocycles. The van der Waals surface area contributed by atoms with E-state index in [4.69, 9.17) is 0 Å². The number of likely N-dealkylation sites (tertiary alicyclic amines) is 1. The second-order valence-electron chi connectivity index (χ2n) is 9.67. The average Bonchev–Trinajstić information content (AvgIpc) is 3.33. The minimum absolute atomic E-state index is 0.0378. The molecule has 2 aliphatic heterocycles. The zero-order valence-corrected chi connectivity index (χ0v) is 19.5. The summed E-state index contributed by atoms with van der Waals surface area (Å²) in [6.45, 7) is 1.82. The molecule has 2 aromatic rings. The topological polar surface area (TPSA) is 82.6 Å². The third-order valence-corrected chi connectivity index (χ3v) is 7.65. The Labute approximate surface area is 200 Å². The molecule has 0 bridgehead atoms. The van der Waals surface area contributed by atoms with Crippen molar-refractivity contribution in [2.24, 2.45) is 17.8 Å². The Kier molecular flexibility index (Phi) is 6.61. The maximum atomic E-state index is 13.6. The highest BCUT2D eigenvalue weighted by Gasteiger charge is 2.42. The van der Waals surface area contributed by atoms with Gasteiger partial charge in [-0.2, -0.15) is 0 Å². The average molecular weight is 461 g/mol. The Morgan fingerprint density at radius 1 is 0.824 bits per heavy atom. The van der Waals surface area contributed by atoms with Gasteiger partial charge < -0.3 is 15.1 Å². The Bertz CT molecular complexity index is 1050. The minimum Gasteiger partial charge on any atom is -0.342 e. The van der Waals surface area contributed by atoms with Crippen molar-refractivity contribution < 1.29 is 14.4 Å². The minimum atomic E-state index is -0.257. The SMILES string of the molecule is O=C(Nc1ccccn1)C1CCN(C(=O)C2CCCCC2C(=O)N2CCc3ccccc32)CC1. The Hall–Kier alpha value is -3.22. The fourth-order valence-corrected chi connectivity index (χ4v) is 5.75. The number of amides is 3. The number of nitrogens with zero attached hydrogens (tertiary/aromatic N) is 3. The lowest BCUT2D eigenvalue weighted by molar-refractivity contribution is -0.144. The fourth-order valence-electron chi connectivity index (χ4n) is 5.75. The van der Waals surface area contributed by atoms with E-state index >= 15 is 0 Å². The summed E-state index contributed by atoms with van der Waals surface area (Å²) in [4.78, 5) is 47.7. The highest BCUT2D eigenvalue weighted by atomic mass is 16.2. The van der Waals surface area contributed by atoms with Crippen LogP contribution < -0.4 is 10.2 Å². The van der Waals surface area contributed by atoms with E-state index in [-0.39, 0.29) is 35.5 Å². The molecule has 3 amide bonds. The summed E-state index contributed by atoms with van der Waals surface area (Å²) in [6.07, 6.45) is 7.32. The number of benzene rings is 1. The van der Waals surface area contributed by atoms with Crippen molar-refractivity contribution >= 4 is 29.2 Å². The van der Waals surface area contributed by atoms with Crippen LogP contribution in [-0.2, 0) is 20.8 Å². The number of para-hydroxylation sites is 1. The van der Waals surface area contributed by atoms with Gasteiger partial charge in [-0.1, -0.05) is 37.1 Å². The summed E-state index contributed by atoms with van der Waals surface area (Å²) < 4.78 is 0. The molecule has 1 aromatic heterocycles. The molecule has 178 valence electrons. The number of piperidine rings is 1. The predicted octanol–water partition coefficient (Wildman–Crippen LogP) is 3.65. The molecule has 2 unspecified atom stereocenters. The van der Waals surface area contributed by atoms with Gasteiger partial charge in [-0.15, -0.1) is 0 Å². The first-order valence-corrected chi connectivity index (χ1v) is 12.5. The van der Waals surface area contributed by atoms with Crippen molar-refractivity contribution in [1.29, 1.82) is 0 Å². The standard InChI is InChI=1S/C27H32N4O3/c32-25(29-24-11-5-6-15-28-24)20-12-16-30(17-13-20)26(33)21-8-2-3-9-22(21)27(34)31-18-14-19-7-1-4-10-23(19)31/h1,4-7,10-11,15,20-22H,2-3,8-9,12-14,16-18H2,(H,28,29,32). The fraction of sp³-hybridized carbons (Fsp3) is 0.481. The van der Waals surface area contributed by atoms with Crippen LogP contribution >= 0.6 is 0 Å². The van der Waals surface area contributed by atoms with Crippen LogP contribution in [0.25, 0.3) is 0 Å². The Morgan fingerprint density at radius 3 is 2.26 bits per heavy atom. The molecule has 34 heavy (non-hydrogen) atoms. The van der Waals surface area contributed by atoms with E-state index in [0.717, 1.165) is 37.8 Å². The number of carbonyl (C=O) groups excluding carboxylic acids is 3. The van der Waals surface area contributed by atoms with Gasteiger partial charge in [-0.05, 0) is 55.9 Å². The first-order valence-electron chi connectivity index (χ1n) is 12.5. The normalized spacial score (nSPS) is 22.8. The van der Waals surface area contributed by atoms with Gasteiger partial charge >= 0.3 is 0 Å². The molecule has 0 radical (unpaired) electrons. The number of hydrogen-bond donors (Lipinski definition) is 1. The van der Waals surface area contributed by atoms with Crippen LogP contribution in [0, 0.1) is 17.8 Å². The summed E-state index contributed by atoms with van der Waals surface area (Å²) >= 11 is 0. The van der Waals surface area contributed by atoms with E-state index in [1.807, 2.05) is 40.1 Å². The van der Waals surface area contributed by atoms with E-state index in [1.54, 1.807) is 12.3 Å². The maximum absolute atomic E-state index is 13.6. The zero-order valence-electron chi connectivity index (χ0n) is 19.5. The second kappa shape index (κ2) is 9.95. The van der Waals surface area contributed by atoms with Gasteiger partial charge in [-0.25, -0.2) is 4.98 Å². The van der Waals surface area contributed by atoms with Gasteiger partial charge in [0.2, 0.25) is 17.7 Å². The zero-order chi connectivity index (χ0) is 23.5. The Morgan fingerprint density at radius 2 is 1.53 bits per heavy atom. The van der Waals surface area contributed by atoms with Crippen LogP contribution in [0.2, 0.25) is 0 Å². The predicted molar refractivity (Wildman–Crippen MR) is 130 cm³/mol. The maximum Gasteiger partial charge on any atom is 0.230 e. The highest BCUT2D eigenvalue weighted by molar-refractivity contribution is 5.99. The first-order chi connectivity index (χ1) is 16.6. The van der Waals surface area contributed by atoms with E-state index < -0.39 is 0 Å². The van der Waals surface area contributed by atoms with Crippen molar-refractivity contribution in [3.05, 3.63) is 54.2 Å². The summed E-state index contributed by atoms with van der Waals surface area (Å²) in [7, 11) is 0. The number of anilines is 2. The third-order valence-electron chi connectivity index (χ3n) is 7.65. The molecule has 2 fully saturated rings. The molecule has 0 spiro atoms. The lowest BCUT2D eigenvalue weighted by Gasteiger charge is -2.38. The molecule has 2 atom stereocenters. The van der Waals surface area contributed by atoms with Gasteiger partial charge in [0.05, 0.1) is 5.92 Å². The molecule has 1 aromatic carbocycles. The number of pyridine rings is 1. The van der Waals surface area contributed by atoms with Crippen LogP contribution in [0.1, 0.15) is 44.1 Å². The quantitative estimate of drug-likeness (QED) is 0.755. The number of aromatic nitrogens is 1. The second-order valence-corrected chi connectivity index (χ2v) is 9.67. The molecule has 1 saturated heterocycles. The first kappa shape index (κ1) is 22.6. The van der Waals surface area contributed by atoms with Crippen molar-refractivity contribution in [2.45, 2.75) is 44.9 Å². The molecule has 1 saturated carbocycles. The van der Waals surface area contributed by atoms with Gasteiger partial charge in [0, 0.05) is 43.4 Å². The van der Waals surface area contributed by atoms with Crippen LogP contribution in [0.4, 0.5) is 11.5 Å². The molecule has 1 aliphatic carbocycles. The lowest BCUT2D eigenvalue weighted by atomic mass is 9.77. The molecule has 5 rings (SSSR count). The van der Waals surface area contributed by atoms with E-state index in [0.29, 0.717) is 38.3 Å². The van der Waals surface area contributed by atoms with Crippen molar-refractivity contribution in [3.63, 3.8) is 0 Å². The smallest absolute Gasteiger partial charge is 0.230 e. The number of rotatable bonds is 4. The summed E-state index contributed by atoms with van der Waals surface area (Å²) in [5.41, 5.74) is 2.21. The summed E-state index contributed by atoms with van der Waals surface area (Å²) in [5, 5.41) is 2.88.